The van der Waals surface area contributed by atoms with E-state index in [9.17, 15) is 0 Å². The van der Waals surface area contributed by atoms with E-state index in [4.69, 9.17) is 0 Å². The Morgan fingerprint density at radius 3 is 2.40 bits per heavy atom. The summed E-state index contributed by atoms with van der Waals surface area (Å²) in [6.07, 6.45) is 1.95. The van der Waals surface area contributed by atoms with Crippen LogP contribution in [0.4, 0.5) is 0 Å². The first kappa shape index (κ1) is 11.7. The number of hydrogen-bond donors (Lipinski definition) is 0. The van der Waals surface area contributed by atoms with Crippen LogP contribution in [-0.2, 0) is 0 Å². The molecule has 0 atom stereocenters. The van der Waals surface area contributed by atoms with Gasteiger partial charge in [-0.3, -0.25) is 0 Å². The predicted molar refractivity (Wildman–Crippen MR) is 62.3 cm³/mol. The van der Waals surface area contributed by atoms with Crippen LogP contribution in [0.1, 0.15) is 13.8 Å². The van der Waals surface area contributed by atoms with E-state index in [1.54, 1.807) is 4.68 Å². The van der Waals surface area contributed by atoms with Crippen molar-refractivity contribution in [2.75, 3.05) is 6.26 Å². The van der Waals surface area contributed by atoms with Crippen molar-refractivity contribution in [1.29, 1.82) is 0 Å². The van der Waals surface area contributed by atoms with Crippen molar-refractivity contribution in [3.05, 3.63) is 30.3 Å². The molecular formula is C10H14N4S. The van der Waals surface area contributed by atoms with E-state index in [1.807, 2.05) is 50.4 Å². The maximum atomic E-state index is 3.89. The number of aromatic nitrogens is 4. The van der Waals surface area contributed by atoms with Crippen molar-refractivity contribution in [2.24, 2.45) is 0 Å². The molecule has 0 saturated carbocycles. The van der Waals surface area contributed by atoms with Crippen LogP contribution in [0.25, 0.3) is 5.69 Å². The number of benzene rings is 1. The molecule has 80 valence electrons. The van der Waals surface area contributed by atoms with E-state index < -0.39 is 0 Å². The van der Waals surface area contributed by atoms with Crippen LogP contribution in [-0.4, -0.2) is 26.5 Å². The molecule has 1 aromatic heterocycles. The van der Waals surface area contributed by atoms with E-state index in [0.29, 0.717) is 0 Å². The highest BCUT2D eigenvalue weighted by atomic mass is 32.2. The van der Waals surface area contributed by atoms with Gasteiger partial charge in [0.15, 0.2) is 0 Å². The van der Waals surface area contributed by atoms with Crippen molar-refractivity contribution in [1.82, 2.24) is 20.2 Å². The molecule has 5 heteroatoms. The number of tetrazole rings is 1. The highest BCUT2D eigenvalue weighted by molar-refractivity contribution is 7.98. The zero-order valence-electron chi connectivity index (χ0n) is 9.08. The van der Waals surface area contributed by atoms with Crippen LogP contribution in [0.3, 0.4) is 0 Å². The number of nitrogens with zero attached hydrogens (tertiary/aromatic N) is 4. The normalized spacial score (nSPS) is 9.27. The lowest BCUT2D eigenvalue weighted by Crippen LogP contribution is -1.97. The zero-order chi connectivity index (χ0) is 11.1. The van der Waals surface area contributed by atoms with Gasteiger partial charge in [-0.25, -0.2) is 0 Å². The molecule has 0 amide bonds. The number of hydrogen-bond acceptors (Lipinski definition) is 4. The lowest BCUT2D eigenvalue weighted by Gasteiger charge is -2.00. The Labute approximate surface area is 93.7 Å². The molecular weight excluding hydrogens is 208 g/mol. The molecule has 0 aliphatic rings. The highest BCUT2D eigenvalue weighted by Crippen LogP contribution is 2.14. The van der Waals surface area contributed by atoms with Crippen molar-refractivity contribution in [3.8, 4) is 5.69 Å². The molecule has 0 unspecified atom stereocenters. The minimum Gasteiger partial charge on any atom is -0.188 e. The molecule has 0 fully saturated rings. The van der Waals surface area contributed by atoms with Gasteiger partial charge in [0, 0.05) is 0 Å². The fourth-order valence-electron chi connectivity index (χ4n) is 1.04. The molecule has 0 N–H and O–H groups in total. The van der Waals surface area contributed by atoms with Gasteiger partial charge < -0.3 is 0 Å². The topological polar surface area (TPSA) is 43.6 Å². The van der Waals surface area contributed by atoms with Crippen molar-refractivity contribution in [3.63, 3.8) is 0 Å². The standard InChI is InChI=1S/C8H8N4S.C2H6/c1-13-8-9-10-11-12(8)7-5-3-2-4-6-7;1-2/h2-6H,1H3;1-2H3. The first-order valence-electron chi connectivity index (χ1n) is 4.79. The summed E-state index contributed by atoms with van der Waals surface area (Å²) in [5.41, 5.74) is 0.983. The fourth-order valence-corrected chi connectivity index (χ4v) is 1.47. The largest absolute Gasteiger partial charge is 0.213 e. The van der Waals surface area contributed by atoms with Crippen molar-refractivity contribution < 1.29 is 0 Å². The van der Waals surface area contributed by atoms with Gasteiger partial charge in [-0.1, -0.05) is 43.8 Å². The fraction of sp³-hybridized carbons (Fsp3) is 0.300. The second-order valence-corrected chi connectivity index (χ2v) is 3.19. The molecule has 2 aromatic rings. The van der Waals surface area contributed by atoms with Crippen LogP contribution >= 0.6 is 11.8 Å². The third-order valence-corrected chi connectivity index (χ3v) is 2.24. The molecule has 4 nitrogen and oxygen atoms in total. The highest BCUT2D eigenvalue weighted by Gasteiger charge is 2.04. The third-order valence-electron chi connectivity index (χ3n) is 1.62. The van der Waals surface area contributed by atoms with Crippen molar-refractivity contribution in [2.45, 2.75) is 19.0 Å². The van der Waals surface area contributed by atoms with E-state index in [2.05, 4.69) is 15.5 Å². The number of para-hydroxylation sites is 1. The van der Waals surface area contributed by atoms with Gasteiger partial charge in [0.25, 0.3) is 0 Å². The van der Waals surface area contributed by atoms with Crippen LogP contribution < -0.4 is 0 Å². The number of thioether (sulfide) groups is 1. The zero-order valence-corrected chi connectivity index (χ0v) is 9.90. The average Bonchev–Trinajstić information content (AvgIpc) is 2.81. The minimum absolute atomic E-state index is 0.797. The molecule has 0 aliphatic heterocycles. The molecule has 1 heterocycles. The first-order valence-corrected chi connectivity index (χ1v) is 6.02. The quantitative estimate of drug-likeness (QED) is 0.732. The molecule has 2 rings (SSSR count). The molecule has 0 spiro atoms. The summed E-state index contributed by atoms with van der Waals surface area (Å²) < 4.78 is 1.71. The van der Waals surface area contributed by atoms with Crippen LogP contribution in [0.2, 0.25) is 0 Å². The lowest BCUT2D eigenvalue weighted by atomic mass is 10.3. The summed E-state index contributed by atoms with van der Waals surface area (Å²) in [6.45, 7) is 4.00. The Balaban J connectivity index is 0.000000531. The van der Waals surface area contributed by atoms with Gasteiger partial charge in [-0.15, -0.1) is 5.10 Å². The number of rotatable bonds is 2. The summed E-state index contributed by atoms with van der Waals surface area (Å²) in [5, 5.41) is 12.2. The molecule has 0 aliphatic carbocycles. The van der Waals surface area contributed by atoms with Gasteiger partial charge in [0.1, 0.15) is 0 Å². The summed E-state index contributed by atoms with van der Waals surface area (Å²) >= 11 is 1.52. The Hall–Kier alpha value is -1.36. The molecule has 0 radical (unpaired) electrons. The predicted octanol–water partition coefficient (Wildman–Crippen LogP) is 2.41. The van der Waals surface area contributed by atoms with E-state index in [0.717, 1.165) is 10.8 Å². The monoisotopic (exact) mass is 222 g/mol. The van der Waals surface area contributed by atoms with Crippen LogP contribution in [0, 0.1) is 0 Å². The summed E-state index contributed by atoms with van der Waals surface area (Å²) in [7, 11) is 0. The molecule has 0 saturated heterocycles. The Kier molecular flexibility index (Phi) is 4.83. The minimum atomic E-state index is 0.797. The summed E-state index contributed by atoms with van der Waals surface area (Å²) in [5.74, 6) is 0. The lowest BCUT2D eigenvalue weighted by molar-refractivity contribution is 0.757. The van der Waals surface area contributed by atoms with Gasteiger partial charge in [-0.2, -0.15) is 4.68 Å². The van der Waals surface area contributed by atoms with Gasteiger partial charge >= 0.3 is 0 Å². The smallest absolute Gasteiger partial charge is 0.188 e. The Morgan fingerprint density at radius 2 is 1.80 bits per heavy atom. The average molecular weight is 222 g/mol. The van der Waals surface area contributed by atoms with E-state index in [1.165, 1.54) is 11.8 Å². The summed E-state index contributed by atoms with van der Waals surface area (Å²) in [6, 6.07) is 9.82. The Bertz CT molecular complexity index is 385. The van der Waals surface area contributed by atoms with Gasteiger partial charge in [0.05, 0.1) is 5.69 Å². The Morgan fingerprint density at radius 1 is 1.13 bits per heavy atom. The second-order valence-electron chi connectivity index (χ2n) is 2.41. The van der Waals surface area contributed by atoms with Crippen LogP contribution in [0.15, 0.2) is 35.5 Å². The molecule has 1 aromatic carbocycles. The summed E-state index contributed by atoms with van der Waals surface area (Å²) in [4.78, 5) is 0. The SMILES string of the molecule is CC.CSc1nnnn1-c1ccccc1. The second kappa shape index (κ2) is 6.19. The first-order chi connectivity index (χ1) is 7.42. The molecule has 15 heavy (non-hydrogen) atoms. The van der Waals surface area contributed by atoms with Gasteiger partial charge in [0.2, 0.25) is 5.16 Å². The van der Waals surface area contributed by atoms with Crippen molar-refractivity contribution >= 4 is 11.8 Å². The maximum absolute atomic E-state index is 3.89. The third kappa shape index (κ3) is 2.79. The molecule has 0 bridgehead atoms. The van der Waals surface area contributed by atoms with Gasteiger partial charge in [-0.05, 0) is 28.8 Å². The van der Waals surface area contributed by atoms with Crippen LogP contribution in [0.5, 0.6) is 0 Å². The van der Waals surface area contributed by atoms with E-state index >= 15 is 0 Å². The maximum Gasteiger partial charge on any atom is 0.213 e. The van der Waals surface area contributed by atoms with E-state index in [-0.39, 0.29) is 0 Å².